The molecule has 0 saturated carbocycles. The summed E-state index contributed by atoms with van der Waals surface area (Å²) in [5.41, 5.74) is 1.29. The van der Waals surface area contributed by atoms with Crippen molar-refractivity contribution in [1.29, 1.82) is 0 Å². The Hall–Kier alpha value is -1.55. The topological polar surface area (TPSA) is 66.0 Å². The number of fused-ring (bicyclic) bond motifs is 1. The molecule has 0 aliphatic carbocycles. The summed E-state index contributed by atoms with van der Waals surface area (Å²) in [5, 5.41) is 16.4. The van der Waals surface area contributed by atoms with Gasteiger partial charge in [-0.25, -0.2) is 0 Å². The third-order valence-electron chi connectivity index (χ3n) is 1.96. The highest BCUT2D eigenvalue weighted by molar-refractivity contribution is 6.34. The number of H-pyrrole nitrogens is 1. The van der Waals surface area contributed by atoms with Crippen molar-refractivity contribution in [3.63, 3.8) is 0 Å². The van der Waals surface area contributed by atoms with Gasteiger partial charge in [0, 0.05) is 5.39 Å². The van der Waals surface area contributed by atoms with Crippen LogP contribution in [0.1, 0.15) is 5.56 Å². The minimum Gasteiger partial charge on any atom is -0.481 e. The molecule has 0 amide bonds. The first-order chi connectivity index (χ1) is 6.68. The molecule has 14 heavy (non-hydrogen) atoms. The maximum absolute atomic E-state index is 10.5. The monoisotopic (exact) mass is 210 g/mol. The Morgan fingerprint density at radius 1 is 1.57 bits per heavy atom. The van der Waals surface area contributed by atoms with E-state index in [1.165, 1.54) is 0 Å². The van der Waals surface area contributed by atoms with Crippen LogP contribution < -0.4 is 0 Å². The number of carboxylic acids is 1. The number of para-hydroxylation sites is 1. The molecule has 4 nitrogen and oxygen atoms in total. The first-order valence-electron chi connectivity index (χ1n) is 4.02. The lowest BCUT2D eigenvalue weighted by molar-refractivity contribution is -0.136. The molecule has 0 radical (unpaired) electrons. The number of halogens is 1. The number of benzene rings is 1. The normalized spacial score (nSPS) is 10.6. The Morgan fingerprint density at radius 3 is 3.07 bits per heavy atom. The van der Waals surface area contributed by atoms with E-state index in [2.05, 4.69) is 10.2 Å². The van der Waals surface area contributed by atoms with Crippen LogP contribution in [-0.4, -0.2) is 21.3 Å². The highest BCUT2D eigenvalue weighted by Crippen LogP contribution is 2.23. The van der Waals surface area contributed by atoms with Gasteiger partial charge in [0.25, 0.3) is 0 Å². The Bertz CT molecular complexity index is 493. The molecule has 0 unspecified atom stereocenters. The Balaban J connectivity index is 2.59. The smallest absolute Gasteiger partial charge is 0.307 e. The van der Waals surface area contributed by atoms with Crippen molar-refractivity contribution in [2.75, 3.05) is 0 Å². The molecule has 2 N–H and O–H groups in total. The van der Waals surface area contributed by atoms with Gasteiger partial charge in [-0.2, -0.15) is 5.10 Å². The van der Waals surface area contributed by atoms with Crippen molar-refractivity contribution >= 4 is 28.5 Å². The number of nitrogens with zero attached hydrogens (tertiary/aromatic N) is 1. The van der Waals surface area contributed by atoms with Gasteiger partial charge in [0.1, 0.15) is 5.15 Å². The summed E-state index contributed by atoms with van der Waals surface area (Å²) < 4.78 is 0. The maximum atomic E-state index is 10.5. The van der Waals surface area contributed by atoms with Gasteiger partial charge in [-0.1, -0.05) is 23.7 Å². The van der Waals surface area contributed by atoms with E-state index in [0.717, 1.165) is 5.39 Å². The van der Waals surface area contributed by atoms with Crippen LogP contribution >= 0.6 is 11.6 Å². The summed E-state index contributed by atoms with van der Waals surface area (Å²) in [7, 11) is 0. The fourth-order valence-electron chi connectivity index (χ4n) is 1.37. The first-order valence-corrected chi connectivity index (χ1v) is 4.39. The summed E-state index contributed by atoms with van der Waals surface area (Å²) in [6, 6.07) is 5.29. The van der Waals surface area contributed by atoms with Crippen LogP contribution in [-0.2, 0) is 11.2 Å². The van der Waals surface area contributed by atoms with E-state index >= 15 is 0 Å². The second-order valence-corrected chi connectivity index (χ2v) is 3.30. The third kappa shape index (κ3) is 1.44. The van der Waals surface area contributed by atoms with E-state index in [9.17, 15) is 4.79 Å². The molecule has 2 aromatic rings. The molecular formula is C9H7ClN2O2. The minimum absolute atomic E-state index is 0.0431. The standard InChI is InChI=1S/C9H7ClN2O2/c10-9-6-3-1-2-5(4-7(13)14)8(6)11-12-9/h1-3H,4H2,(H,11,12)(H,13,14). The molecule has 72 valence electrons. The molecule has 0 atom stereocenters. The summed E-state index contributed by atoms with van der Waals surface area (Å²) in [4.78, 5) is 10.5. The van der Waals surface area contributed by atoms with Crippen LogP contribution in [0.3, 0.4) is 0 Å². The van der Waals surface area contributed by atoms with Crippen LogP contribution in [0.15, 0.2) is 18.2 Å². The van der Waals surface area contributed by atoms with Gasteiger partial charge in [0.05, 0.1) is 11.9 Å². The number of hydrogen-bond donors (Lipinski definition) is 2. The Labute approximate surface area is 84.5 Å². The van der Waals surface area contributed by atoms with Crippen molar-refractivity contribution in [3.05, 3.63) is 28.9 Å². The SMILES string of the molecule is O=C(O)Cc1cccc2c(Cl)[nH]nc12. The average molecular weight is 211 g/mol. The van der Waals surface area contributed by atoms with E-state index < -0.39 is 5.97 Å². The molecule has 1 aromatic heterocycles. The highest BCUT2D eigenvalue weighted by Gasteiger charge is 2.09. The van der Waals surface area contributed by atoms with Gasteiger partial charge in [0.2, 0.25) is 0 Å². The summed E-state index contributed by atoms with van der Waals surface area (Å²) in [6.45, 7) is 0. The Kier molecular flexibility index (Phi) is 2.13. The molecule has 0 aliphatic heterocycles. The number of carboxylic acid groups (broad SMARTS) is 1. The van der Waals surface area contributed by atoms with Crippen molar-refractivity contribution in [1.82, 2.24) is 10.2 Å². The predicted molar refractivity (Wildman–Crippen MR) is 52.4 cm³/mol. The lowest BCUT2D eigenvalue weighted by Gasteiger charge is -1.97. The fourth-order valence-corrected chi connectivity index (χ4v) is 1.57. The molecule has 0 saturated heterocycles. The molecule has 1 heterocycles. The molecule has 0 fully saturated rings. The van der Waals surface area contributed by atoms with E-state index in [4.69, 9.17) is 16.7 Å². The van der Waals surface area contributed by atoms with Crippen LogP contribution in [0.2, 0.25) is 5.15 Å². The van der Waals surface area contributed by atoms with E-state index in [0.29, 0.717) is 16.2 Å². The van der Waals surface area contributed by atoms with Crippen LogP contribution in [0.5, 0.6) is 0 Å². The number of hydrogen-bond acceptors (Lipinski definition) is 2. The molecule has 0 aliphatic rings. The lowest BCUT2D eigenvalue weighted by Crippen LogP contribution is -2.00. The van der Waals surface area contributed by atoms with E-state index in [-0.39, 0.29) is 6.42 Å². The quantitative estimate of drug-likeness (QED) is 0.795. The third-order valence-corrected chi connectivity index (χ3v) is 2.25. The van der Waals surface area contributed by atoms with Gasteiger partial charge >= 0.3 is 5.97 Å². The van der Waals surface area contributed by atoms with Crippen LogP contribution in [0.25, 0.3) is 10.9 Å². The second-order valence-electron chi connectivity index (χ2n) is 2.92. The Morgan fingerprint density at radius 2 is 2.36 bits per heavy atom. The molecule has 0 spiro atoms. The number of rotatable bonds is 2. The molecule has 2 rings (SSSR count). The summed E-state index contributed by atoms with van der Waals surface area (Å²) in [5.74, 6) is -0.878. The highest BCUT2D eigenvalue weighted by atomic mass is 35.5. The van der Waals surface area contributed by atoms with E-state index in [1.807, 2.05) is 0 Å². The van der Waals surface area contributed by atoms with Crippen molar-refractivity contribution in [2.45, 2.75) is 6.42 Å². The van der Waals surface area contributed by atoms with Gasteiger partial charge in [-0.05, 0) is 11.6 Å². The zero-order chi connectivity index (χ0) is 10.1. The minimum atomic E-state index is -0.878. The second kappa shape index (κ2) is 3.31. The number of nitrogens with one attached hydrogen (secondary N) is 1. The largest absolute Gasteiger partial charge is 0.481 e. The van der Waals surface area contributed by atoms with Crippen LogP contribution in [0.4, 0.5) is 0 Å². The number of carbonyl (C=O) groups is 1. The lowest BCUT2D eigenvalue weighted by atomic mass is 10.1. The number of aliphatic carboxylic acids is 1. The number of aromatic amines is 1. The van der Waals surface area contributed by atoms with Crippen molar-refractivity contribution < 1.29 is 9.90 Å². The van der Waals surface area contributed by atoms with Gasteiger partial charge in [-0.15, -0.1) is 0 Å². The van der Waals surface area contributed by atoms with Gasteiger partial charge in [-0.3, -0.25) is 9.89 Å². The molecule has 1 aromatic carbocycles. The van der Waals surface area contributed by atoms with E-state index in [1.54, 1.807) is 18.2 Å². The van der Waals surface area contributed by atoms with Crippen molar-refractivity contribution in [2.24, 2.45) is 0 Å². The molecule has 5 heteroatoms. The average Bonchev–Trinajstić information content (AvgIpc) is 2.49. The zero-order valence-corrected chi connectivity index (χ0v) is 7.88. The maximum Gasteiger partial charge on any atom is 0.307 e. The summed E-state index contributed by atoms with van der Waals surface area (Å²) in [6.07, 6.45) is -0.0431. The van der Waals surface area contributed by atoms with Gasteiger partial charge in [0.15, 0.2) is 0 Å². The zero-order valence-electron chi connectivity index (χ0n) is 7.12. The fraction of sp³-hybridized carbons (Fsp3) is 0.111. The predicted octanol–water partition coefficient (Wildman–Crippen LogP) is 1.84. The van der Waals surface area contributed by atoms with Crippen molar-refractivity contribution in [3.8, 4) is 0 Å². The van der Waals surface area contributed by atoms with Gasteiger partial charge < -0.3 is 5.11 Å². The first kappa shape index (κ1) is 9.02. The summed E-state index contributed by atoms with van der Waals surface area (Å²) >= 11 is 5.82. The molecule has 0 bridgehead atoms. The molecular weight excluding hydrogens is 204 g/mol. The number of aromatic nitrogens is 2. The van der Waals surface area contributed by atoms with Crippen LogP contribution in [0, 0.1) is 0 Å².